The third kappa shape index (κ3) is 3.69. The lowest BCUT2D eigenvalue weighted by Gasteiger charge is -2.14. The van der Waals surface area contributed by atoms with E-state index in [-0.39, 0.29) is 6.04 Å². The van der Waals surface area contributed by atoms with Gasteiger partial charge < -0.3 is 5.32 Å². The van der Waals surface area contributed by atoms with Crippen LogP contribution >= 0.6 is 11.6 Å². The van der Waals surface area contributed by atoms with Crippen molar-refractivity contribution in [3.63, 3.8) is 0 Å². The quantitative estimate of drug-likeness (QED) is 0.867. The topological polar surface area (TPSA) is 35.8 Å². The van der Waals surface area contributed by atoms with Gasteiger partial charge in [0.1, 0.15) is 0 Å². The first-order chi connectivity index (χ1) is 7.67. The van der Waals surface area contributed by atoms with Crippen LogP contribution in [0.5, 0.6) is 0 Å². The van der Waals surface area contributed by atoms with Crippen molar-refractivity contribution in [2.24, 2.45) is 0 Å². The summed E-state index contributed by atoms with van der Waals surface area (Å²) in [5.74, 6) is 0. The van der Waals surface area contributed by atoms with E-state index in [2.05, 4.69) is 18.3 Å². The zero-order valence-corrected chi connectivity index (χ0v) is 10.3. The fourth-order valence-electron chi connectivity index (χ4n) is 1.32. The van der Waals surface area contributed by atoms with Crippen LogP contribution in [0.1, 0.15) is 31.0 Å². The molecule has 2 nitrogen and oxygen atoms in total. The number of nitrogens with one attached hydrogen (secondary N) is 1. The second-order valence-corrected chi connectivity index (χ2v) is 4.01. The van der Waals surface area contributed by atoms with E-state index in [1.807, 2.05) is 31.2 Å². The largest absolute Gasteiger partial charge is 0.306 e. The van der Waals surface area contributed by atoms with Gasteiger partial charge in [-0.05, 0) is 37.1 Å². The zero-order chi connectivity index (χ0) is 12.0. The van der Waals surface area contributed by atoms with E-state index in [1.165, 1.54) is 5.56 Å². The minimum Gasteiger partial charge on any atom is -0.306 e. The van der Waals surface area contributed by atoms with Crippen molar-refractivity contribution in [2.45, 2.75) is 19.9 Å². The Morgan fingerprint density at radius 1 is 1.50 bits per heavy atom. The zero-order valence-electron chi connectivity index (χ0n) is 9.50. The number of halogens is 1. The number of nitriles is 1. The molecule has 1 N–H and O–H groups in total. The summed E-state index contributed by atoms with van der Waals surface area (Å²) in [4.78, 5) is 0. The van der Waals surface area contributed by atoms with Crippen LogP contribution in [0.2, 0.25) is 0 Å². The number of nitrogens with zero attached hydrogens (tertiary/aromatic N) is 1. The maximum absolute atomic E-state index is 8.69. The van der Waals surface area contributed by atoms with Crippen molar-refractivity contribution in [3.8, 4) is 6.07 Å². The molecule has 0 bridgehead atoms. The van der Waals surface area contributed by atoms with Gasteiger partial charge in [-0.3, -0.25) is 0 Å². The maximum Gasteiger partial charge on any atom is 0.0991 e. The third-order valence-corrected chi connectivity index (χ3v) is 2.79. The highest BCUT2D eigenvalue weighted by Crippen LogP contribution is 2.13. The van der Waals surface area contributed by atoms with Crippen LogP contribution in [0.3, 0.4) is 0 Å². The summed E-state index contributed by atoms with van der Waals surface area (Å²) in [5.41, 5.74) is 4.54. The molecule has 0 saturated heterocycles. The van der Waals surface area contributed by atoms with E-state index in [0.29, 0.717) is 5.56 Å². The number of hydrogen-bond acceptors (Lipinski definition) is 2. The summed E-state index contributed by atoms with van der Waals surface area (Å²) >= 11 is 5.58. The van der Waals surface area contributed by atoms with Gasteiger partial charge in [0.05, 0.1) is 11.6 Å². The standard InChI is InChI=1S/C13H15ClN2/c1-10(7-14)9-16-11(2)13-5-3-12(8-15)4-6-13/h3-7,11,16H,9H2,1-2H3/b10-7+. The van der Waals surface area contributed by atoms with Crippen molar-refractivity contribution in [1.82, 2.24) is 5.32 Å². The van der Waals surface area contributed by atoms with Crippen LogP contribution in [-0.4, -0.2) is 6.54 Å². The van der Waals surface area contributed by atoms with E-state index in [0.717, 1.165) is 12.1 Å². The smallest absolute Gasteiger partial charge is 0.0991 e. The molecule has 1 aromatic carbocycles. The average molecular weight is 235 g/mol. The van der Waals surface area contributed by atoms with Gasteiger partial charge in [0, 0.05) is 18.1 Å². The van der Waals surface area contributed by atoms with Gasteiger partial charge in [0.15, 0.2) is 0 Å². The Hall–Kier alpha value is -1.30. The lowest BCUT2D eigenvalue weighted by molar-refractivity contribution is 0.607. The fraction of sp³-hybridized carbons (Fsp3) is 0.308. The molecule has 0 aliphatic rings. The Balaban J connectivity index is 2.60. The van der Waals surface area contributed by atoms with Crippen molar-refractivity contribution < 1.29 is 0 Å². The van der Waals surface area contributed by atoms with Gasteiger partial charge in [0.2, 0.25) is 0 Å². The second-order valence-electron chi connectivity index (χ2n) is 3.79. The van der Waals surface area contributed by atoms with E-state index in [9.17, 15) is 0 Å². The first kappa shape index (κ1) is 12.8. The monoisotopic (exact) mass is 234 g/mol. The molecule has 0 aliphatic heterocycles. The van der Waals surface area contributed by atoms with Gasteiger partial charge >= 0.3 is 0 Å². The SMILES string of the molecule is C/C(=C\Cl)CNC(C)c1ccc(C#N)cc1. The summed E-state index contributed by atoms with van der Waals surface area (Å²) < 4.78 is 0. The van der Waals surface area contributed by atoms with Crippen LogP contribution in [0, 0.1) is 11.3 Å². The number of rotatable bonds is 4. The maximum atomic E-state index is 8.69. The number of benzene rings is 1. The predicted octanol–water partition coefficient (Wildman–Crippen LogP) is 3.35. The highest BCUT2D eigenvalue weighted by molar-refractivity contribution is 6.25. The molecule has 1 aromatic rings. The molecule has 84 valence electrons. The van der Waals surface area contributed by atoms with E-state index in [1.54, 1.807) is 5.54 Å². The lowest BCUT2D eigenvalue weighted by atomic mass is 10.1. The van der Waals surface area contributed by atoms with E-state index in [4.69, 9.17) is 16.9 Å². The van der Waals surface area contributed by atoms with Crippen LogP contribution < -0.4 is 5.32 Å². The first-order valence-corrected chi connectivity index (χ1v) is 5.60. The van der Waals surface area contributed by atoms with Gasteiger partial charge in [-0.25, -0.2) is 0 Å². The Kier molecular flexibility index (Phi) is 5.04. The highest BCUT2D eigenvalue weighted by atomic mass is 35.5. The fourth-order valence-corrected chi connectivity index (χ4v) is 1.39. The predicted molar refractivity (Wildman–Crippen MR) is 67.2 cm³/mol. The van der Waals surface area contributed by atoms with E-state index < -0.39 is 0 Å². The van der Waals surface area contributed by atoms with Crippen LogP contribution in [0.15, 0.2) is 35.4 Å². The second kappa shape index (κ2) is 6.32. The summed E-state index contributed by atoms with van der Waals surface area (Å²) in [6.07, 6.45) is 0. The minimum absolute atomic E-state index is 0.249. The summed E-state index contributed by atoms with van der Waals surface area (Å²) in [7, 11) is 0. The molecule has 0 spiro atoms. The summed E-state index contributed by atoms with van der Waals surface area (Å²) in [6.45, 7) is 4.83. The highest BCUT2D eigenvalue weighted by Gasteiger charge is 2.04. The molecule has 1 rings (SSSR count). The van der Waals surface area contributed by atoms with Crippen molar-refractivity contribution in [1.29, 1.82) is 5.26 Å². The molecular formula is C13H15ClN2. The molecule has 0 aromatic heterocycles. The molecule has 0 saturated carbocycles. The molecular weight excluding hydrogens is 220 g/mol. The molecule has 0 amide bonds. The normalized spacial score (nSPS) is 13.2. The van der Waals surface area contributed by atoms with Crippen molar-refractivity contribution >= 4 is 11.6 Å². The molecule has 0 heterocycles. The third-order valence-electron chi connectivity index (χ3n) is 2.41. The van der Waals surface area contributed by atoms with Gasteiger partial charge in [-0.15, -0.1) is 0 Å². The van der Waals surface area contributed by atoms with Gasteiger partial charge in [0.25, 0.3) is 0 Å². The molecule has 0 fully saturated rings. The van der Waals surface area contributed by atoms with Gasteiger partial charge in [-0.1, -0.05) is 23.7 Å². The molecule has 0 aliphatic carbocycles. The van der Waals surface area contributed by atoms with Crippen LogP contribution in [0.4, 0.5) is 0 Å². The Labute approximate surface area is 102 Å². The molecule has 16 heavy (non-hydrogen) atoms. The van der Waals surface area contributed by atoms with Crippen LogP contribution in [0.25, 0.3) is 0 Å². The Bertz CT molecular complexity index is 401. The van der Waals surface area contributed by atoms with Gasteiger partial charge in [-0.2, -0.15) is 5.26 Å². The van der Waals surface area contributed by atoms with Crippen LogP contribution in [-0.2, 0) is 0 Å². The Morgan fingerprint density at radius 2 is 2.12 bits per heavy atom. The molecule has 3 heteroatoms. The molecule has 1 atom stereocenters. The average Bonchev–Trinajstić information content (AvgIpc) is 2.35. The minimum atomic E-state index is 0.249. The molecule has 1 unspecified atom stereocenters. The lowest BCUT2D eigenvalue weighted by Crippen LogP contribution is -2.20. The molecule has 0 radical (unpaired) electrons. The first-order valence-electron chi connectivity index (χ1n) is 5.16. The summed E-state index contributed by atoms with van der Waals surface area (Å²) in [5, 5.41) is 12.0. The summed E-state index contributed by atoms with van der Waals surface area (Å²) in [6, 6.07) is 9.95. The van der Waals surface area contributed by atoms with Crippen molar-refractivity contribution in [2.75, 3.05) is 6.54 Å². The van der Waals surface area contributed by atoms with E-state index >= 15 is 0 Å². The number of hydrogen-bond donors (Lipinski definition) is 1. The van der Waals surface area contributed by atoms with Crippen molar-refractivity contribution in [3.05, 3.63) is 46.5 Å². The Morgan fingerprint density at radius 3 is 2.62 bits per heavy atom.